The fraction of sp³-hybridized carbons (Fsp3) is 0.375. The van der Waals surface area contributed by atoms with Crippen molar-refractivity contribution >= 4 is 22.5 Å². The number of hydrogen-bond acceptors (Lipinski definition) is 4. The number of anilines is 1. The van der Waals surface area contributed by atoms with E-state index in [0.29, 0.717) is 6.42 Å². The van der Waals surface area contributed by atoms with Crippen LogP contribution in [0.1, 0.15) is 45.7 Å². The number of para-hydroxylation sites is 1. The summed E-state index contributed by atoms with van der Waals surface area (Å²) in [5.74, 6) is 0.0135. The number of ether oxygens (including phenoxy) is 1. The zero-order chi connectivity index (χ0) is 21.4. The summed E-state index contributed by atoms with van der Waals surface area (Å²) in [7, 11) is 0. The molecule has 1 unspecified atom stereocenters. The minimum Gasteiger partial charge on any atom is -0.356 e. The quantitative estimate of drug-likeness (QED) is 0.551. The molecule has 0 saturated carbocycles. The van der Waals surface area contributed by atoms with Crippen molar-refractivity contribution in [2.45, 2.75) is 58.7 Å². The van der Waals surface area contributed by atoms with Gasteiger partial charge in [0.15, 0.2) is 0 Å². The van der Waals surface area contributed by atoms with E-state index in [1.807, 2.05) is 49.9 Å². The molecule has 3 aromatic rings. The Kier molecular flexibility index (Phi) is 5.64. The van der Waals surface area contributed by atoms with E-state index in [-0.39, 0.29) is 24.1 Å². The third-order valence-electron chi connectivity index (χ3n) is 5.61. The SMILES string of the molecule is CC(=O)N1c2ccc(-c3cc4ccccc4[nH]3)cc2[C@H](NC(O)OC(C)C)C[C@@H]1C. The van der Waals surface area contributed by atoms with Gasteiger partial charge in [0.05, 0.1) is 6.10 Å². The summed E-state index contributed by atoms with van der Waals surface area (Å²) >= 11 is 0. The molecule has 1 aliphatic heterocycles. The lowest BCUT2D eigenvalue weighted by molar-refractivity contribution is -0.150. The first-order chi connectivity index (χ1) is 14.3. The number of aliphatic hydroxyl groups excluding tert-OH is 1. The highest BCUT2D eigenvalue weighted by Gasteiger charge is 2.33. The van der Waals surface area contributed by atoms with Crippen molar-refractivity contribution in [2.24, 2.45) is 0 Å². The van der Waals surface area contributed by atoms with Gasteiger partial charge >= 0.3 is 0 Å². The molecule has 2 heterocycles. The molecule has 1 amide bonds. The Morgan fingerprint density at radius 3 is 2.70 bits per heavy atom. The lowest BCUT2D eigenvalue weighted by Gasteiger charge is -2.40. The number of amides is 1. The predicted octanol–water partition coefficient (Wildman–Crippen LogP) is 4.31. The maximum absolute atomic E-state index is 12.3. The van der Waals surface area contributed by atoms with Crippen LogP contribution in [0.15, 0.2) is 48.5 Å². The van der Waals surface area contributed by atoms with Crippen LogP contribution in [0.3, 0.4) is 0 Å². The van der Waals surface area contributed by atoms with Gasteiger partial charge in [0, 0.05) is 41.3 Å². The molecule has 3 atom stereocenters. The molecule has 3 N–H and O–H groups in total. The highest BCUT2D eigenvalue weighted by molar-refractivity contribution is 5.94. The fourth-order valence-corrected chi connectivity index (χ4v) is 4.37. The number of aromatic nitrogens is 1. The number of rotatable bonds is 5. The Hall–Kier alpha value is -2.67. The van der Waals surface area contributed by atoms with E-state index >= 15 is 0 Å². The summed E-state index contributed by atoms with van der Waals surface area (Å²) in [6, 6.07) is 16.3. The molecule has 0 spiro atoms. The van der Waals surface area contributed by atoms with Crippen LogP contribution in [0.4, 0.5) is 5.69 Å². The van der Waals surface area contributed by atoms with Crippen LogP contribution >= 0.6 is 0 Å². The van der Waals surface area contributed by atoms with Gasteiger partial charge in [-0.3, -0.25) is 10.1 Å². The summed E-state index contributed by atoms with van der Waals surface area (Å²) in [5, 5.41) is 14.7. The van der Waals surface area contributed by atoms with Crippen molar-refractivity contribution in [3.63, 3.8) is 0 Å². The Labute approximate surface area is 176 Å². The van der Waals surface area contributed by atoms with Gasteiger partial charge < -0.3 is 19.7 Å². The second-order valence-corrected chi connectivity index (χ2v) is 8.27. The maximum Gasteiger partial charge on any atom is 0.224 e. The number of nitrogens with zero attached hydrogens (tertiary/aromatic N) is 1. The molecule has 0 bridgehead atoms. The van der Waals surface area contributed by atoms with Gasteiger partial charge in [-0.1, -0.05) is 24.3 Å². The number of aromatic amines is 1. The fourth-order valence-electron chi connectivity index (χ4n) is 4.37. The van der Waals surface area contributed by atoms with Crippen molar-refractivity contribution in [1.82, 2.24) is 10.3 Å². The van der Waals surface area contributed by atoms with Gasteiger partial charge in [0.1, 0.15) is 0 Å². The molecule has 2 aromatic carbocycles. The number of carbonyl (C=O) groups is 1. The zero-order valence-corrected chi connectivity index (χ0v) is 17.8. The molecule has 0 saturated heterocycles. The summed E-state index contributed by atoms with van der Waals surface area (Å²) in [5.41, 5.74) is 4.99. The number of H-pyrrole nitrogens is 1. The van der Waals surface area contributed by atoms with E-state index in [9.17, 15) is 9.90 Å². The number of nitrogens with one attached hydrogen (secondary N) is 2. The molecular weight excluding hydrogens is 378 g/mol. The number of carbonyl (C=O) groups excluding carboxylic acids is 1. The Morgan fingerprint density at radius 2 is 2.00 bits per heavy atom. The molecular formula is C24H29N3O3. The summed E-state index contributed by atoms with van der Waals surface area (Å²) < 4.78 is 5.49. The van der Waals surface area contributed by atoms with Crippen LogP contribution < -0.4 is 10.2 Å². The van der Waals surface area contributed by atoms with Crippen LogP contribution in [0.25, 0.3) is 22.2 Å². The second-order valence-electron chi connectivity index (χ2n) is 8.27. The normalized spacial score (nSPS) is 19.9. The van der Waals surface area contributed by atoms with Crippen LogP contribution in [-0.4, -0.2) is 34.6 Å². The van der Waals surface area contributed by atoms with Crippen molar-refractivity contribution < 1.29 is 14.6 Å². The highest BCUT2D eigenvalue weighted by Crippen LogP contribution is 2.40. The van der Waals surface area contributed by atoms with E-state index in [0.717, 1.165) is 33.4 Å². The summed E-state index contributed by atoms with van der Waals surface area (Å²) in [6.07, 6.45) is -0.489. The van der Waals surface area contributed by atoms with E-state index in [4.69, 9.17) is 4.74 Å². The third kappa shape index (κ3) is 3.99. The van der Waals surface area contributed by atoms with Crippen molar-refractivity contribution in [3.05, 3.63) is 54.1 Å². The van der Waals surface area contributed by atoms with Gasteiger partial charge in [-0.15, -0.1) is 0 Å². The first-order valence-electron chi connectivity index (χ1n) is 10.4. The number of aliphatic hydroxyl groups is 1. The molecule has 1 aromatic heterocycles. The van der Waals surface area contributed by atoms with Crippen LogP contribution in [-0.2, 0) is 9.53 Å². The van der Waals surface area contributed by atoms with Gasteiger partial charge in [0.25, 0.3) is 0 Å². The van der Waals surface area contributed by atoms with Gasteiger partial charge in [-0.05, 0) is 62.6 Å². The van der Waals surface area contributed by atoms with Crippen molar-refractivity contribution in [1.29, 1.82) is 0 Å². The smallest absolute Gasteiger partial charge is 0.224 e. The average Bonchev–Trinajstić information content (AvgIpc) is 3.11. The molecule has 158 valence electrons. The number of fused-ring (bicyclic) bond motifs is 2. The molecule has 0 fully saturated rings. The highest BCUT2D eigenvalue weighted by atomic mass is 16.6. The Morgan fingerprint density at radius 1 is 1.23 bits per heavy atom. The maximum atomic E-state index is 12.3. The minimum absolute atomic E-state index is 0.0117. The first-order valence-corrected chi connectivity index (χ1v) is 10.4. The average molecular weight is 408 g/mol. The number of hydrogen-bond donors (Lipinski definition) is 3. The van der Waals surface area contributed by atoms with Gasteiger partial charge in [-0.25, -0.2) is 0 Å². The van der Waals surface area contributed by atoms with Crippen LogP contribution in [0.2, 0.25) is 0 Å². The van der Waals surface area contributed by atoms with Crippen molar-refractivity contribution in [2.75, 3.05) is 4.90 Å². The zero-order valence-electron chi connectivity index (χ0n) is 17.8. The Bertz CT molecular complexity index is 1030. The van der Waals surface area contributed by atoms with Crippen LogP contribution in [0, 0.1) is 0 Å². The van der Waals surface area contributed by atoms with Crippen molar-refractivity contribution in [3.8, 4) is 11.3 Å². The Balaban J connectivity index is 1.75. The molecule has 0 radical (unpaired) electrons. The molecule has 0 aliphatic carbocycles. The van der Waals surface area contributed by atoms with Crippen LogP contribution in [0.5, 0.6) is 0 Å². The molecule has 1 aliphatic rings. The predicted molar refractivity (Wildman–Crippen MR) is 119 cm³/mol. The largest absolute Gasteiger partial charge is 0.356 e. The van der Waals surface area contributed by atoms with E-state index < -0.39 is 6.41 Å². The standard InChI is InChI=1S/C24H29N3O3/c1-14(2)30-24(29)26-22-11-15(3)27(16(4)28)23-10-9-18(12-19(22)23)21-13-17-7-5-6-8-20(17)25-21/h5-10,12-15,22,24-26,29H,11H2,1-4H3/t15-,22+,24?/m0/s1. The molecule has 6 nitrogen and oxygen atoms in total. The lowest BCUT2D eigenvalue weighted by Crippen LogP contribution is -2.47. The topological polar surface area (TPSA) is 77.6 Å². The molecule has 4 rings (SSSR count). The monoisotopic (exact) mass is 407 g/mol. The van der Waals surface area contributed by atoms with Gasteiger partial charge in [-0.2, -0.15) is 0 Å². The van der Waals surface area contributed by atoms with Gasteiger partial charge in [0.2, 0.25) is 12.3 Å². The number of benzene rings is 2. The lowest BCUT2D eigenvalue weighted by atomic mass is 9.90. The second kappa shape index (κ2) is 8.22. The van der Waals surface area contributed by atoms with E-state index in [2.05, 4.69) is 34.6 Å². The summed E-state index contributed by atoms with van der Waals surface area (Å²) in [4.78, 5) is 17.6. The molecule has 30 heavy (non-hydrogen) atoms. The minimum atomic E-state index is -1.07. The summed E-state index contributed by atoms with van der Waals surface area (Å²) in [6.45, 7) is 7.39. The third-order valence-corrected chi connectivity index (χ3v) is 5.61. The van der Waals surface area contributed by atoms with E-state index in [1.165, 1.54) is 0 Å². The first kappa shape index (κ1) is 20.6. The van der Waals surface area contributed by atoms with E-state index in [1.54, 1.807) is 6.92 Å². The molecule has 6 heteroatoms.